The molecule has 0 atom stereocenters. The first-order valence-electron chi connectivity index (χ1n) is 4.59. The standard InChI is InChI=1S/C10H15N3S/c1-3-5-13(4-2)7-9-8-14-10(6-11)12-9/h1,8H,4-7,11H2,2H3. The summed E-state index contributed by atoms with van der Waals surface area (Å²) in [5.74, 6) is 2.64. The minimum atomic E-state index is 0.520. The molecule has 14 heavy (non-hydrogen) atoms. The molecule has 0 spiro atoms. The van der Waals surface area contributed by atoms with E-state index in [2.05, 4.69) is 22.7 Å². The first-order chi connectivity index (χ1) is 6.80. The van der Waals surface area contributed by atoms with E-state index in [-0.39, 0.29) is 0 Å². The lowest BCUT2D eigenvalue weighted by Gasteiger charge is -2.15. The third kappa shape index (κ3) is 3.11. The summed E-state index contributed by atoms with van der Waals surface area (Å²) in [5.41, 5.74) is 6.55. The van der Waals surface area contributed by atoms with Gasteiger partial charge in [0.05, 0.1) is 12.2 Å². The minimum Gasteiger partial charge on any atom is -0.325 e. The summed E-state index contributed by atoms with van der Waals surface area (Å²) in [7, 11) is 0. The van der Waals surface area contributed by atoms with E-state index in [0.29, 0.717) is 13.1 Å². The van der Waals surface area contributed by atoms with Crippen LogP contribution in [-0.4, -0.2) is 23.0 Å². The zero-order chi connectivity index (χ0) is 10.4. The number of nitrogens with two attached hydrogens (primary N) is 1. The first-order valence-corrected chi connectivity index (χ1v) is 5.47. The van der Waals surface area contributed by atoms with E-state index >= 15 is 0 Å². The van der Waals surface area contributed by atoms with Crippen LogP contribution >= 0.6 is 11.3 Å². The van der Waals surface area contributed by atoms with Crippen LogP contribution in [-0.2, 0) is 13.1 Å². The van der Waals surface area contributed by atoms with Gasteiger partial charge < -0.3 is 5.73 Å². The number of hydrogen-bond donors (Lipinski definition) is 1. The highest BCUT2D eigenvalue weighted by Crippen LogP contribution is 2.10. The van der Waals surface area contributed by atoms with Crippen molar-refractivity contribution in [1.82, 2.24) is 9.88 Å². The highest BCUT2D eigenvalue weighted by atomic mass is 32.1. The topological polar surface area (TPSA) is 42.1 Å². The second kappa shape index (κ2) is 5.76. The van der Waals surface area contributed by atoms with Crippen LogP contribution in [0.2, 0.25) is 0 Å². The minimum absolute atomic E-state index is 0.520. The molecule has 2 N–H and O–H groups in total. The van der Waals surface area contributed by atoms with Gasteiger partial charge in [0.25, 0.3) is 0 Å². The molecular formula is C10H15N3S. The van der Waals surface area contributed by atoms with Gasteiger partial charge in [-0.05, 0) is 6.54 Å². The number of aromatic nitrogens is 1. The Bertz CT molecular complexity index is 313. The number of rotatable bonds is 5. The maximum Gasteiger partial charge on any atom is 0.106 e. The highest BCUT2D eigenvalue weighted by molar-refractivity contribution is 7.09. The van der Waals surface area contributed by atoms with Gasteiger partial charge in [-0.15, -0.1) is 17.8 Å². The van der Waals surface area contributed by atoms with Gasteiger partial charge in [-0.25, -0.2) is 4.98 Å². The summed E-state index contributed by atoms with van der Waals surface area (Å²) in [4.78, 5) is 6.54. The molecule has 1 heterocycles. The monoisotopic (exact) mass is 209 g/mol. The van der Waals surface area contributed by atoms with Gasteiger partial charge in [0, 0.05) is 18.5 Å². The lowest BCUT2D eigenvalue weighted by Crippen LogP contribution is -2.23. The van der Waals surface area contributed by atoms with E-state index in [1.807, 2.05) is 5.38 Å². The molecule has 1 rings (SSSR count). The molecule has 0 saturated heterocycles. The molecule has 76 valence electrons. The molecule has 4 heteroatoms. The lowest BCUT2D eigenvalue weighted by atomic mass is 10.4. The van der Waals surface area contributed by atoms with Crippen LogP contribution in [0.1, 0.15) is 17.6 Å². The van der Waals surface area contributed by atoms with Gasteiger partial charge in [0.15, 0.2) is 0 Å². The van der Waals surface area contributed by atoms with Gasteiger partial charge in [0.2, 0.25) is 0 Å². The normalized spacial score (nSPS) is 10.4. The van der Waals surface area contributed by atoms with Gasteiger partial charge in [-0.1, -0.05) is 12.8 Å². The smallest absolute Gasteiger partial charge is 0.106 e. The van der Waals surface area contributed by atoms with Crippen molar-refractivity contribution in [2.45, 2.75) is 20.0 Å². The van der Waals surface area contributed by atoms with Crippen molar-refractivity contribution in [2.24, 2.45) is 5.73 Å². The Morgan fingerprint density at radius 1 is 1.71 bits per heavy atom. The first kappa shape index (κ1) is 11.2. The molecule has 0 aliphatic heterocycles. The van der Waals surface area contributed by atoms with Crippen molar-refractivity contribution in [3.05, 3.63) is 16.1 Å². The summed E-state index contributed by atoms with van der Waals surface area (Å²) in [6.45, 7) is 5.04. The lowest BCUT2D eigenvalue weighted by molar-refractivity contribution is 0.312. The Kier molecular flexibility index (Phi) is 4.60. The van der Waals surface area contributed by atoms with Crippen LogP contribution < -0.4 is 5.73 Å². The van der Waals surface area contributed by atoms with Crippen molar-refractivity contribution in [2.75, 3.05) is 13.1 Å². The van der Waals surface area contributed by atoms with E-state index in [1.165, 1.54) is 0 Å². The third-order valence-corrected chi connectivity index (χ3v) is 2.84. The number of hydrogen-bond acceptors (Lipinski definition) is 4. The summed E-state index contributed by atoms with van der Waals surface area (Å²) in [5, 5.41) is 3.03. The molecule has 0 unspecified atom stereocenters. The molecule has 3 nitrogen and oxygen atoms in total. The van der Waals surface area contributed by atoms with Crippen molar-refractivity contribution in [3.63, 3.8) is 0 Å². The molecule has 0 aliphatic rings. The number of nitrogens with zero attached hydrogens (tertiary/aromatic N) is 2. The van der Waals surface area contributed by atoms with Gasteiger partial charge in [-0.3, -0.25) is 4.90 Å². The van der Waals surface area contributed by atoms with Crippen LogP contribution in [0.4, 0.5) is 0 Å². The average molecular weight is 209 g/mol. The quantitative estimate of drug-likeness (QED) is 0.737. The maximum absolute atomic E-state index is 5.49. The zero-order valence-corrected chi connectivity index (χ0v) is 9.18. The second-order valence-electron chi connectivity index (χ2n) is 2.94. The Morgan fingerprint density at radius 3 is 3.00 bits per heavy atom. The summed E-state index contributed by atoms with van der Waals surface area (Å²) in [6.07, 6.45) is 5.26. The summed E-state index contributed by atoms with van der Waals surface area (Å²) >= 11 is 1.61. The molecule has 0 amide bonds. The summed E-state index contributed by atoms with van der Waals surface area (Å²) in [6, 6.07) is 0. The van der Waals surface area contributed by atoms with Gasteiger partial charge in [0.1, 0.15) is 5.01 Å². The van der Waals surface area contributed by atoms with Crippen LogP contribution in [0.25, 0.3) is 0 Å². The predicted octanol–water partition coefficient (Wildman–Crippen LogP) is 1.06. The molecular weight excluding hydrogens is 194 g/mol. The van der Waals surface area contributed by atoms with E-state index in [4.69, 9.17) is 12.2 Å². The Hall–Kier alpha value is -0.890. The largest absolute Gasteiger partial charge is 0.325 e. The highest BCUT2D eigenvalue weighted by Gasteiger charge is 2.05. The van der Waals surface area contributed by atoms with E-state index in [1.54, 1.807) is 11.3 Å². The number of thiazole rings is 1. The van der Waals surface area contributed by atoms with E-state index in [9.17, 15) is 0 Å². The van der Waals surface area contributed by atoms with Gasteiger partial charge >= 0.3 is 0 Å². The molecule has 1 aromatic heterocycles. The maximum atomic E-state index is 5.49. The fourth-order valence-electron chi connectivity index (χ4n) is 1.15. The molecule has 0 radical (unpaired) electrons. The van der Waals surface area contributed by atoms with E-state index in [0.717, 1.165) is 23.8 Å². The SMILES string of the molecule is C#CCN(CC)Cc1csc(CN)n1. The van der Waals surface area contributed by atoms with Crippen LogP contribution in [0.5, 0.6) is 0 Å². The zero-order valence-electron chi connectivity index (χ0n) is 8.36. The molecule has 0 saturated carbocycles. The van der Waals surface area contributed by atoms with Gasteiger partial charge in [-0.2, -0.15) is 0 Å². The van der Waals surface area contributed by atoms with Crippen molar-refractivity contribution < 1.29 is 0 Å². The second-order valence-corrected chi connectivity index (χ2v) is 3.89. The van der Waals surface area contributed by atoms with Crippen molar-refractivity contribution >= 4 is 11.3 Å². The number of terminal acetylenes is 1. The fraction of sp³-hybridized carbons (Fsp3) is 0.500. The molecule has 0 aromatic carbocycles. The Morgan fingerprint density at radius 2 is 2.50 bits per heavy atom. The van der Waals surface area contributed by atoms with Crippen LogP contribution in [0.15, 0.2) is 5.38 Å². The van der Waals surface area contributed by atoms with Crippen molar-refractivity contribution in [1.29, 1.82) is 0 Å². The fourth-order valence-corrected chi connectivity index (χ4v) is 1.82. The average Bonchev–Trinajstić information content (AvgIpc) is 2.65. The van der Waals surface area contributed by atoms with Crippen molar-refractivity contribution in [3.8, 4) is 12.3 Å². The molecule has 0 fully saturated rings. The summed E-state index contributed by atoms with van der Waals surface area (Å²) < 4.78 is 0. The van der Waals surface area contributed by atoms with Crippen LogP contribution in [0.3, 0.4) is 0 Å². The third-order valence-electron chi connectivity index (χ3n) is 1.92. The predicted molar refractivity (Wildman–Crippen MR) is 59.8 cm³/mol. The van der Waals surface area contributed by atoms with Crippen LogP contribution in [0, 0.1) is 12.3 Å². The Balaban J connectivity index is 2.54. The Labute approximate surface area is 88.9 Å². The molecule has 0 bridgehead atoms. The van der Waals surface area contributed by atoms with E-state index < -0.39 is 0 Å². The molecule has 0 aliphatic carbocycles. The molecule has 1 aromatic rings.